The summed E-state index contributed by atoms with van der Waals surface area (Å²) in [5, 5.41) is 1.67. The zero-order chi connectivity index (χ0) is 25.2. The molecule has 10 heteroatoms. The minimum absolute atomic E-state index is 0.233. The van der Waals surface area contributed by atoms with Gasteiger partial charge in [0.2, 0.25) is 5.88 Å². The summed E-state index contributed by atoms with van der Waals surface area (Å²) in [6.45, 7) is 9.92. The Morgan fingerprint density at radius 1 is 1.24 bits per heavy atom. The molecule has 3 aromatic heterocycles. The number of carbonyl (C=O) groups is 1. The second-order valence-corrected chi connectivity index (χ2v) is 10.5. The Kier molecular flexibility index (Phi) is 7.78. The quantitative estimate of drug-likeness (QED) is 0.403. The lowest BCUT2D eigenvalue weighted by Crippen LogP contribution is -2.36. The van der Waals surface area contributed by atoms with Crippen LogP contribution >= 0.6 is 22.9 Å². The molecule has 1 amide bonds. The smallest absolute Gasteiger partial charge is 0.410 e. The van der Waals surface area contributed by atoms with Gasteiger partial charge in [0.05, 0.1) is 32.5 Å². The summed E-state index contributed by atoms with van der Waals surface area (Å²) in [7, 11) is 11.7. The van der Waals surface area contributed by atoms with Crippen molar-refractivity contribution in [2.75, 3.05) is 39.2 Å². The fourth-order valence-electron chi connectivity index (χ4n) is 3.03. The van der Waals surface area contributed by atoms with Crippen molar-refractivity contribution in [3.8, 4) is 17.1 Å². The number of nitrogens with zero attached hydrogens (tertiary/aromatic N) is 4. The van der Waals surface area contributed by atoms with Gasteiger partial charge in [-0.25, -0.2) is 14.8 Å². The molecular weight excluding hydrogens is 471 g/mol. The highest BCUT2D eigenvalue weighted by Gasteiger charge is 2.20. The number of likely N-dealkylation sites (N-methyl/N-ethyl adjacent to an activating group) is 1. The number of hydrogen-bond acceptors (Lipinski definition) is 7. The van der Waals surface area contributed by atoms with Gasteiger partial charge < -0.3 is 19.3 Å². The van der Waals surface area contributed by atoms with E-state index in [4.69, 9.17) is 33.9 Å². The highest BCUT2D eigenvalue weighted by molar-refractivity contribution is 7.23. The van der Waals surface area contributed by atoms with E-state index in [0.717, 1.165) is 15.2 Å². The third-order valence-electron chi connectivity index (χ3n) is 4.74. The van der Waals surface area contributed by atoms with Crippen molar-refractivity contribution >= 4 is 57.6 Å². The van der Waals surface area contributed by atoms with E-state index in [9.17, 15) is 4.79 Å². The molecule has 0 aliphatic heterocycles. The third-order valence-corrected chi connectivity index (χ3v) is 6.48. The van der Waals surface area contributed by atoms with E-state index in [0.29, 0.717) is 39.7 Å². The third kappa shape index (κ3) is 6.21. The number of aromatic nitrogens is 2. The van der Waals surface area contributed by atoms with Crippen LogP contribution < -0.4 is 9.64 Å². The highest BCUT2D eigenvalue weighted by atomic mass is 35.5. The predicted molar refractivity (Wildman–Crippen MR) is 141 cm³/mol. The van der Waals surface area contributed by atoms with E-state index >= 15 is 0 Å². The molecule has 7 nitrogen and oxygen atoms in total. The first-order chi connectivity index (χ1) is 15.9. The van der Waals surface area contributed by atoms with Crippen LogP contribution in [0.4, 0.5) is 9.80 Å². The number of ether oxygens (including phenoxy) is 2. The van der Waals surface area contributed by atoms with E-state index in [-0.39, 0.29) is 6.61 Å². The summed E-state index contributed by atoms with van der Waals surface area (Å²) >= 11 is 8.15. The number of halogens is 1. The molecule has 3 aromatic rings. The van der Waals surface area contributed by atoms with Gasteiger partial charge in [-0.3, -0.25) is 0 Å². The normalized spacial score (nSPS) is 11.4. The minimum atomic E-state index is -0.559. The van der Waals surface area contributed by atoms with Crippen LogP contribution in [-0.4, -0.2) is 68.7 Å². The molecule has 178 valence electrons. The molecule has 34 heavy (non-hydrogen) atoms. The standard InChI is InChI=1S/C24H28BClN4O3S/c1-14(25)15-10-20(32-9-8-30(7)23(31)33-24(2,3)4)27-13-16(15)18-11-17(26)22-19(28-18)12-21(34-22)29(5)6/h10-13H,1,8-9H2,2-7H3. The molecule has 0 aromatic carbocycles. The zero-order valence-electron chi connectivity index (χ0n) is 20.3. The topological polar surface area (TPSA) is 67.8 Å². The highest BCUT2D eigenvalue weighted by Crippen LogP contribution is 2.38. The number of hydrogen-bond donors (Lipinski definition) is 0. The lowest BCUT2D eigenvalue weighted by molar-refractivity contribution is 0.0277. The Balaban J connectivity index is 1.80. The first-order valence-electron chi connectivity index (χ1n) is 10.6. The van der Waals surface area contributed by atoms with Gasteiger partial charge >= 0.3 is 6.09 Å². The second kappa shape index (κ2) is 10.2. The number of anilines is 1. The van der Waals surface area contributed by atoms with Crippen LogP contribution in [0.1, 0.15) is 26.3 Å². The molecule has 0 aliphatic rings. The summed E-state index contributed by atoms with van der Waals surface area (Å²) in [5.74, 6) is 0.362. The summed E-state index contributed by atoms with van der Waals surface area (Å²) in [5.41, 5.74) is 2.59. The van der Waals surface area contributed by atoms with Crippen LogP contribution in [0.25, 0.3) is 26.9 Å². The van der Waals surface area contributed by atoms with Crippen LogP contribution in [0, 0.1) is 0 Å². The molecule has 3 rings (SSSR count). The molecule has 0 saturated carbocycles. The van der Waals surface area contributed by atoms with Crippen LogP contribution in [0.15, 0.2) is 31.0 Å². The SMILES string of the molecule is [B]C(=C)c1cc(OCCN(C)C(=O)OC(C)(C)C)ncc1-c1cc(Cl)c2sc(N(C)C)cc2n1. The molecule has 0 aliphatic carbocycles. The maximum atomic E-state index is 12.1. The Hall–Kier alpha value is -2.78. The molecule has 0 fully saturated rings. The summed E-state index contributed by atoms with van der Waals surface area (Å²) in [4.78, 5) is 24.7. The fraction of sp³-hybridized carbons (Fsp3) is 0.375. The molecule has 0 saturated heterocycles. The van der Waals surface area contributed by atoms with Crippen molar-refractivity contribution in [3.63, 3.8) is 0 Å². The number of thiophene rings is 1. The number of rotatable bonds is 7. The van der Waals surface area contributed by atoms with Gasteiger partial charge in [-0.1, -0.05) is 17.1 Å². The van der Waals surface area contributed by atoms with Crippen molar-refractivity contribution < 1.29 is 14.3 Å². The maximum Gasteiger partial charge on any atom is 0.410 e. The number of carbonyl (C=O) groups excluding carboxylic acids is 1. The summed E-state index contributed by atoms with van der Waals surface area (Å²) in [6.07, 6.45) is 1.23. The van der Waals surface area contributed by atoms with Crippen molar-refractivity contribution in [2.45, 2.75) is 26.4 Å². The van der Waals surface area contributed by atoms with Gasteiger partial charge in [0.25, 0.3) is 0 Å². The van der Waals surface area contributed by atoms with Gasteiger partial charge in [0, 0.05) is 39.0 Å². The number of fused-ring (bicyclic) bond motifs is 1. The van der Waals surface area contributed by atoms with Crippen LogP contribution in [0.3, 0.4) is 0 Å². The Morgan fingerprint density at radius 2 is 1.94 bits per heavy atom. The Morgan fingerprint density at radius 3 is 2.56 bits per heavy atom. The first-order valence-corrected chi connectivity index (χ1v) is 11.8. The van der Waals surface area contributed by atoms with Gasteiger partial charge in [-0.2, -0.15) is 0 Å². The minimum Gasteiger partial charge on any atom is -0.476 e. The molecule has 3 heterocycles. The summed E-state index contributed by atoms with van der Waals surface area (Å²) < 4.78 is 12.0. The van der Waals surface area contributed by atoms with Crippen LogP contribution in [0.2, 0.25) is 5.02 Å². The average molecular weight is 499 g/mol. The van der Waals surface area contributed by atoms with Crippen molar-refractivity contribution in [3.05, 3.63) is 41.6 Å². The predicted octanol–water partition coefficient (Wildman–Crippen LogP) is 5.46. The Bertz CT molecular complexity index is 1220. The average Bonchev–Trinajstić information content (AvgIpc) is 3.17. The lowest BCUT2D eigenvalue weighted by atomic mass is 9.87. The second-order valence-electron chi connectivity index (χ2n) is 9.03. The van der Waals surface area contributed by atoms with E-state index in [2.05, 4.69) is 11.6 Å². The zero-order valence-corrected chi connectivity index (χ0v) is 21.9. The number of amides is 1. The molecule has 2 radical (unpaired) electrons. The van der Waals surface area contributed by atoms with E-state index in [1.165, 1.54) is 4.90 Å². The van der Waals surface area contributed by atoms with Gasteiger partial charge in [-0.05, 0) is 38.5 Å². The van der Waals surface area contributed by atoms with E-state index < -0.39 is 11.7 Å². The fourth-order valence-corrected chi connectivity index (χ4v) is 4.28. The molecule has 0 spiro atoms. The Labute approximate surface area is 210 Å². The van der Waals surface area contributed by atoms with Gasteiger partial charge in [0.15, 0.2) is 0 Å². The van der Waals surface area contributed by atoms with E-state index in [1.54, 1.807) is 36.7 Å². The largest absolute Gasteiger partial charge is 0.476 e. The van der Waals surface area contributed by atoms with Crippen LogP contribution in [-0.2, 0) is 4.74 Å². The molecule has 0 bridgehead atoms. The first kappa shape index (κ1) is 25.8. The van der Waals surface area contributed by atoms with Gasteiger partial charge in [0.1, 0.15) is 20.1 Å². The summed E-state index contributed by atoms with van der Waals surface area (Å²) in [6, 6.07) is 5.52. The number of pyridine rings is 2. The molecule has 0 unspecified atom stereocenters. The monoisotopic (exact) mass is 498 g/mol. The molecular formula is C24H28BClN4O3S. The maximum absolute atomic E-state index is 12.1. The van der Waals surface area contributed by atoms with E-state index in [1.807, 2.05) is 45.8 Å². The van der Waals surface area contributed by atoms with Crippen molar-refractivity contribution in [1.82, 2.24) is 14.9 Å². The van der Waals surface area contributed by atoms with Crippen molar-refractivity contribution in [1.29, 1.82) is 0 Å². The van der Waals surface area contributed by atoms with Crippen molar-refractivity contribution in [2.24, 2.45) is 0 Å². The molecule has 0 atom stereocenters. The molecule has 0 N–H and O–H groups in total. The lowest BCUT2D eigenvalue weighted by Gasteiger charge is -2.24. The van der Waals surface area contributed by atoms with Gasteiger partial charge in [-0.15, -0.1) is 17.9 Å². The van der Waals surface area contributed by atoms with Crippen LogP contribution in [0.5, 0.6) is 5.88 Å².